The molecule has 3 heteroatoms. The summed E-state index contributed by atoms with van der Waals surface area (Å²) in [5.41, 5.74) is 1.19. The van der Waals surface area contributed by atoms with Gasteiger partial charge in [0.05, 0.1) is 0 Å². The second-order valence-corrected chi connectivity index (χ2v) is 5.51. The lowest BCUT2D eigenvalue weighted by atomic mass is 9.87. The molecule has 1 aromatic rings. The molecule has 1 atom stereocenters. The first kappa shape index (κ1) is 13.7. The number of nitrogens with zero attached hydrogens (tertiary/aromatic N) is 1. The third-order valence-electron chi connectivity index (χ3n) is 3.28. The van der Waals surface area contributed by atoms with E-state index in [2.05, 4.69) is 27.7 Å². The van der Waals surface area contributed by atoms with Crippen LogP contribution in [0.2, 0.25) is 0 Å². The van der Waals surface area contributed by atoms with Crippen LogP contribution >= 0.6 is 0 Å². The molecule has 0 saturated carbocycles. The first-order valence-corrected chi connectivity index (χ1v) is 5.74. The molecule has 0 saturated heterocycles. The Hall–Kier alpha value is -1.38. The predicted octanol–water partition coefficient (Wildman–Crippen LogP) is 3.51. The smallest absolute Gasteiger partial charge is 0.150 e. The summed E-state index contributed by atoms with van der Waals surface area (Å²) in [5, 5.41) is 0. The molecule has 0 fully saturated rings. The second-order valence-electron chi connectivity index (χ2n) is 5.51. The maximum absolute atomic E-state index is 13.3. The van der Waals surface area contributed by atoms with Crippen molar-refractivity contribution in [1.82, 2.24) is 0 Å². The lowest BCUT2D eigenvalue weighted by molar-refractivity contribution is 0.112. The quantitative estimate of drug-likeness (QED) is 0.750. The number of halogens is 1. The molecule has 0 radical (unpaired) electrons. The van der Waals surface area contributed by atoms with Gasteiger partial charge in [0.1, 0.15) is 12.1 Å². The summed E-state index contributed by atoms with van der Waals surface area (Å²) < 4.78 is 13.3. The zero-order valence-corrected chi connectivity index (χ0v) is 11.1. The highest BCUT2D eigenvalue weighted by Gasteiger charge is 2.24. The average Bonchev–Trinajstić information content (AvgIpc) is 2.24. The van der Waals surface area contributed by atoms with Crippen LogP contribution < -0.4 is 4.90 Å². The SMILES string of the molecule is CC(N(C)c1cc(F)cc(C=O)c1)C(C)(C)C. The van der Waals surface area contributed by atoms with Crippen molar-refractivity contribution < 1.29 is 9.18 Å². The lowest BCUT2D eigenvalue weighted by Crippen LogP contribution is -2.39. The fourth-order valence-corrected chi connectivity index (χ4v) is 1.67. The van der Waals surface area contributed by atoms with E-state index in [1.807, 2.05) is 11.9 Å². The second kappa shape index (κ2) is 4.86. The minimum atomic E-state index is -0.377. The summed E-state index contributed by atoms with van der Waals surface area (Å²) in [5.74, 6) is -0.377. The standard InChI is InChI=1S/C14H20FNO/c1-10(14(2,3)4)16(5)13-7-11(9-17)6-12(15)8-13/h6-10H,1-5H3. The Bertz CT molecular complexity index is 409. The van der Waals surface area contributed by atoms with E-state index in [1.165, 1.54) is 12.1 Å². The Morgan fingerprint density at radius 2 is 1.88 bits per heavy atom. The number of carbonyl (C=O) groups is 1. The first-order chi connectivity index (χ1) is 7.75. The van der Waals surface area contributed by atoms with Crippen molar-refractivity contribution in [3.05, 3.63) is 29.6 Å². The Kier molecular flexibility index (Phi) is 3.91. The fourth-order valence-electron chi connectivity index (χ4n) is 1.67. The van der Waals surface area contributed by atoms with Crippen molar-refractivity contribution in [3.8, 4) is 0 Å². The van der Waals surface area contributed by atoms with Crippen molar-refractivity contribution in [1.29, 1.82) is 0 Å². The average molecular weight is 237 g/mol. The van der Waals surface area contributed by atoms with Gasteiger partial charge in [0.2, 0.25) is 0 Å². The van der Waals surface area contributed by atoms with Gasteiger partial charge in [-0.3, -0.25) is 4.79 Å². The molecule has 0 heterocycles. The summed E-state index contributed by atoms with van der Waals surface area (Å²) in [7, 11) is 1.92. The maximum Gasteiger partial charge on any atom is 0.150 e. The summed E-state index contributed by atoms with van der Waals surface area (Å²) in [6, 6.07) is 4.64. The van der Waals surface area contributed by atoms with Gasteiger partial charge in [-0.05, 0) is 30.5 Å². The zero-order chi connectivity index (χ0) is 13.2. The first-order valence-electron chi connectivity index (χ1n) is 5.74. The van der Waals surface area contributed by atoms with Crippen LogP contribution in [0.15, 0.2) is 18.2 Å². The molecule has 1 rings (SSSR count). The molecule has 0 spiro atoms. The monoisotopic (exact) mass is 237 g/mol. The highest BCUT2D eigenvalue weighted by atomic mass is 19.1. The number of aldehydes is 1. The van der Waals surface area contributed by atoms with Crippen LogP contribution in [-0.4, -0.2) is 19.4 Å². The van der Waals surface area contributed by atoms with E-state index >= 15 is 0 Å². The van der Waals surface area contributed by atoms with E-state index in [9.17, 15) is 9.18 Å². The number of hydrogen-bond acceptors (Lipinski definition) is 2. The van der Waals surface area contributed by atoms with Gasteiger partial charge < -0.3 is 4.90 Å². The number of rotatable bonds is 3. The largest absolute Gasteiger partial charge is 0.371 e. The van der Waals surface area contributed by atoms with Gasteiger partial charge >= 0.3 is 0 Å². The molecule has 1 aromatic carbocycles. The number of carbonyl (C=O) groups excluding carboxylic acids is 1. The summed E-state index contributed by atoms with van der Waals surface area (Å²) >= 11 is 0. The molecular weight excluding hydrogens is 217 g/mol. The zero-order valence-electron chi connectivity index (χ0n) is 11.1. The van der Waals surface area contributed by atoms with Crippen LogP contribution in [0.25, 0.3) is 0 Å². The van der Waals surface area contributed by atoms with E-state index in [0.29, 0.717) is 11.8 Å². The van der Waals surface area contributed by atoms with Crippen LogP contribution in [0, 0.1) is 11.2 Å². The summed E-state index contributed by atoms with van der Waals surface area (Å²) in [4.78, 5) is 12.7. The van der Waals surface area contributed by atoms with Crippen molar-refractivity contribution >= 4 is 12.0 Å². The van der Waals surface area contributed by atoms with Crippen LogP contribution in [0.5, 0.6) is 0 Å². The molecule has 0 aliphatic heterocycles. The molecule has 0 aromatic heterocycles. The Labute approximate surface area is 102 Å². The van der Waals surface area contributed by atoms with Gasteiger partial charge in [-0.25, -0.2) is 4.39 Å². The van der Waals surface area contributed by atoms with E-state index in [4.69, 9.17) is 0 Å². The molecule has 17 heavy (non-hydrogen) atoms. The van der Waals surface area contributed by atoms with E-state index in [0.717, 1.165) is 5.69 Å². The molecule has 0 bridgehead atoms. The molecule has 2 nitrogen and oxygen atoms in total. The van der Waals surface area contributed by atoms with Crippen molar-refractivity contribution in [2.24, 2.45) is 5.41 Å². The number of benzene rings is 1. The minimum Gasteiger partial charge on any atom is -0.371 e. The molecule has 0 aliphatic rings. The van der Waals surface area contributed by atoms with Crippen molar-refractivity contribution in [3.63, 3.8) is 0 Å². The fraction of sp³-hybridized carbons (Fsp3) is 0.500. The van der Waals surface area contributed by atoms with Gasteiger partial charge in [0.15, 0.2) is 0 Å². The van der Waals surface area contributed by atoms with E-state index < -0.39 is 0 Å². The molecule has 94 valence electrons. The highest BCUT2D eigenvalue weighted by Crippen LogP contribution is 2.28. The number of hydrogen-bond donors (Lipinski definition) is 0. The predicted molar refractivity (Wildman–Crippen MR) is 69.1 cm³/mol. The number of anilines is 1. The van der Waals surface area contributed by atoms with Crippen LogP contribution in [-0.2, 0) is 0 Å². The van der Waals surface area contributed by atoms with Gasteiger partial charge in [0.25, 0.3) is 0 Å². The third kappa shape index (κ3) is 3.29. The molecule has 0 amide bonds. The van der Waals surface area contributed by atoms with Gasteiger partial charge in [-0.15, -0.1) is 0 Å². The summed E-state index contributed by atoms with van der Waals surface area (Å²) in [6.07, 6.45) is 0.669. The minimum absolute atomic E-state index is 0.0857. The topological polar surface area (TPSA) is 20.3 Å². The Morgan fingerprint density at radius 3 is 2.35 bits per heavy atom. The van der Waals surface area contributed by atoms with Crippen molar-refractivity contribution in [2.75, 3.05) is 11.9 Å². The molecule has 0 aliphatic carbocycles. The van der Waals surface area contributed by atoms with E-state index in [-0.39, 0.29) is 17.3 Å². The summed E-state index contributed by atoms with van der Waals surface area (Å²) in [6.45, 7) is 8.49. The maximum atomic E-state index is 13.3. The van der Waals surface area contributed by atoms with Gasteiger partial charge in [0, 0.05) is 24.3 Å². The van der Waals surface area contributed by atoms with Crippen LogP contribution in [0.1, 0.15) is 38.1 Å². The lowest BCUT2D eigenvalue weighted by Gasteiger charge is -2.37. The third-order valence-corrected chi connectivity index (χ3v) is 3.28. The molecule has 0 N–H and O–H groups in total. The van der Waals surface area contributed by atoms with Crippen molar-refractivity contribution in [2.45, 2.75) is 33.7 Å². The van der Waals surface area contributed by atoms with Crippen LogP contribution in [0.4, 0.5) is 10.1 Å². The van der Waals surface area contributed by atoms with Gasteiger partial charge in [-0.1, -0.05) is 20.8 Å². The highest BCUT2D eigenvalue weighted by molar-refractivity contribution is 5.77. The Balaban J connectivity index is 3.07. The van der Waals surface area contributed by atoms with Gasteiger partial charge in [-0.2, -0.15) is 0 Å². The van der Waals surface area contributed by atoms with E-state index in [1.54, 1.807) is 6.07 Å². The van der Waals surface area contributed by atoms with Crippen LogP contribution in [0.3, 0.4) is 0 Å². The normalized spacial score (nSPS) is 13.3. The molecular formula is C14H20FNO. The molecule has 1 unspecified atom stereocenters. The Morgan fingerprint density at radius 1 is 1.29 bits per heavy atom.